The Kier molecular flexibility index (Phi) is 15.9. The number of ether oxygens (including phenoxy) is 2. The van der Waals surface area contributed by atoms with Crippen molar-refractivity contribution in [3.05, 3.63) is 0 Å². The Morgan fingerprint density at radius 1 is 0.905 bits per heavy atom. The van der Waals surface area contributed by atoms with Gasteiger partial charge in [-0.2, -0.15) is 0 Å². The van der Waals surface area contributed by atoms with Gasteiger partial charge in [-0.15, -0.1) is 0 Å². The number of hydrogen-bond acceptors (Lipinski definition) is 8. The van der Waals surface area contributed by atoms with Crippen LogP contribution in [0.25, 0.3) is 0 Å². The lowest BCUT2D eigenvalue weighted by Gasteiger charge is -2.08. The van der Waals surface area contributed by atoms with Crippen LogP contribution in [-0.4, -0.2) is 59.8 Å². The molecule has 21 heavy (non-hydrogen) atoms. The highest BCUT2D eigenvalue weighted by Crippen LogP contribution is 2.07. The molecule has 6 N–H and O–H groups in total. The lowest BCUT2D eigenvalue weighted by atomic mass is 10.1. The van der Waals surface area contributed by atoms with E-state index >= 15 is 0 Å². The van der Waals surface area contributed by atoms with Crippen molar-refractivity contribution < 1.29 is 34.4 Å². The summed E-state index contributed by atoms with van der Waals surface area (Å²) in [6.45, 7) is -0.755. The first-order valence-electron chi connectivity index (χ1n) is 6.81. The van der Waals surface area contributed by atoms with E-state index in [0.29, 0.717) is 19.3 Å². The van der Waals surface area contributed by atoms with Gasteiger partial charge >= 0.3 is 11.9 Å². The molecule has 1 unspecified atom stereocenters. The third-order valence-electron chi connectivity index (χ3n) is 2.51. The summed E-state index contributed by atoms with van der Waals surface area (Å²) in [6, 6.07) is 0. The van der Waals surface area contributed by atoms with Gasteiger partial charge in [0.1, 0.15) is 19.3 Å². The Bertz CT molecular complexity index is 273. The van der Waals surface area contributed by atoms with Crippen molar-refractivity contribution in [1.29, 1.82) is 0 Å². The van der Waals surface area contributed by atoms with Crippen molar-refractivity contribution >= 4 is 11.9 Å². The van der Waals surface area contributed by atoms with Crippen LogP contribution in [0.4, 0.5) is 0 Å². The van der Waals surface area contributed by atoms with Gasteiger partial charge in [0.2, 0.25) is 0 Å². The first-order valence-corrected chi connectivity index (χ1v) is 6.81. The topological polar surface area (TPSA) is 148 Å². The van der Waals surface area contributed by atoms with Gasteiger partial charge in [0.25, 0.3) is 0 Å². The molecule has 0 aliphatic carbocycles. The van der Waals surface area contributed by atoms with E-state index in [2.05, 4.69) is 0 Å². The van der Waals surface area contributed by atoms with E-state index < -0.39 is 18.7 Å². The average Bonchev–Trinajstić information content (AvgIpc) is 2.45. The zero-order valence-electron chi connectivity index (χ0n) is 12.3. The average molecular weight is 309 g/mol. The predicted octanol–water partition coefficient (Wildman–Crippen LogP) is -0.0791. The van der Waals surface area contributed by atoms with Gasteiger partial charge in [-0.25, -0.2) is 0 Å². The summed E-state index contributed by atoms with van der Waals surface area (Å²) in [5.41, 5.74) is 0. The predicted molar refractivity (Wildman–Crippen MR) is 74.8 cm³/mol. The molecular weight excluding hydrogens is 282 g/mol. The van der Waals surface area contributed by atoms with E-state index in [1.54, 1.807) is 0 Å². The SMILES string of the molecule is N.O=C(CCCCCCC(=O)OCC(O)CO)OCCO. The van der Waals surface area contributed by atoms with Gasteiger partial charge in [-0.1, -0.05) is 12.8 Å². The maximum Gasteiger partial charge on any atom is 0.305 e. The molecule has 0 aromatic heterocycles. The highest BCUT2D eigenvalue weighted by Gasteiger charge is 2.07. The van der Waals surface area contributed by atoms with E-state index in [1.807, 2.05) is 0 Å². The van der Waals surface area contributed by atoms with Gasteiger partial charge in [0.15, 0.2) is 0 Å². The fourth-order valence-electron chi connectivity index (χ4n) is 1.44. The molecule has 0 aromatic carbocycles. The van der Waals surface area contributed by atoms with Crippen LogP contribution in [0.5, 0.6) is 0 Å². The maximum absolute atomic E-state index is 11.2. The summed E-state index contributed by atoms with van der Waals surface area (Å²) < 4.78 is 9.43. The van der Waals surface area contributed by atoms with Gasteiger partial charge in [-0.3, -0.25) is 9.59 Å². The fourth-order valence-corrected chi connectivity index (χ4v) is 1.44. The van der Waals surface area contributed by atoms with Crippen LogP contribution in [0.1, 0.15) is 38.5 Å². The number of aliphatic hydroxyl groups excluding tert-OH is 3. The summed E-state index contributed by atoms with van der Waals surface area (Å²) in [5.74, 6) is -0.726. The number of hydrogen-bond donors (Lipinski definition) is 4. The molecule has 0 amide bonds. The van der Waals surface area contributed by atoms with E-state index in [9.17, 15) is 9.59 Å². The zero-order chi connectivity index (χ0) is 15.2. The minimum absolute atomic E-state index is 0. The second-order valence-electron chi connectivity index (χ2n) is 4.38. The smallest absolute Gasteiger partial charge is 0.305 e. The molecule has 0 saturated carbocycles. The Morgan fingerprint density at radius 3 is 1.90 bits per heavy atom. The van der Waals surface area contributed by atoms with Crippen LogP contribution >= 0.6 is 0 Å². The van der Waals surface area contributed by atoms with Gasteiger partial charge in [0, 0.05) is 12.8 Å². The molecule has 8 nitrogen and oxygen atoms in total. The summed E-state index contributed by atoms with van der Waals surface area (Å²) in [6.07, 6.45) is 2.48. The molecule has 1 atom stereocenters. The van der Waals surface area contributed by atoms with Crippen molar-refractivity contribution in [3.8, 4) is 0 Å². The van der Waals surface area contributed by atoms with Gasteiger partial charge in [0.05, 0.1) is 13.2 Å². The van der Waals surface area contributed by atoms with E-state index in [1.165, 1.54) is 0 Å². The van der Waals surface area contributed by atoms with Crippen LogP contribution in [0, 0.1) is 0 Å². The van der Waals surface area contributed by atoms with E-state index in [0.717, 1.165) is 12.8 Å². The van der Waals surface area contributed by atoms with Crippen molar-refractivity contribution in [2.24, 2.45) is 0 Å². The second kappa shape index (κ2) is 15.2. The summed E-state index contributed by atoms with van der Waals surface area (Å²) >= 11 is 0. The first kappa shape index (κ1) is 22.1. The lowest BCUT2D eigenvalue weighted by Crippen LogP contribution is -2.21. The summed E-state index contributed by atoms with van der Waals surface area (Å²) in [4.78, 5) is 22.3. The Hall–Kier alpha value is -1.22. The van der Waals surface area contributed by atoms with Gasteiger partial charge < -0.3 is 30.9 Å². The van der Waals surface area contributed by atoms with Crippen molar-refractivity contribution in [2.45, 2.75) is 44.6 Å². The molecule has 0 radical (unpaired) electrons. The van der Waals surface area contributed by atoms with E-state index in [-0.39, 0.29) is 38.4 Å². The molecule has 0 rings (SSSR count). The van der Waals surface area contributed by atoms with Crippen LogP contribution < -0.4 is 6.15 Å². The third kappa shape index (κ3) is 15.0. The van der Waals surface area contributed by atoms with Crippen molar-refractivity contribution in [1.82, 2.24) is 6.15 Å². The van der Waals surface area contributed by atoms with Crippen LogP contribution in [-0.2, 0) is 19.1 Å². The molecule has 0 spiro atoms. The highest BCUT2D eigenvalue weighted by atomic mass is 16.5. The Labute approximate surface area is 124 Å². The molecule has 126 valence electrons. The normalized spacial score (nSPS) is 11.4. The number of aliphatic hydroxyl groups is 3. The zero-order valence-corrected chi connectivity index (χ0v) is 12.3. The minimum Gasteiger partial charge on any atom is -0.463 e. The third-order valence-corrected chi connectivity index (χ3v) is 2.51. The quantitative estimate of drug-likeness (QED) is 0.289. The second-order valence-corrected chi connectivity index (χ2v) is 4.38. The Balaban J connectivity index is 0. The van der Waals surface area contributed by atoms with Crippen LogP contribution in [0.15, 0.2) is 0 Å². The van der Waals surface area contributed by atoms with Crippen LogP contribution in [0.3, 0.4) is 0 Å². The summed E-state index contributed by atoms with van der Waals surface area (Å²) in [7, 11) is 0. The molecule has 0 heterocycles. The fraction of sp³-hybridized carbons (Fsp3) is 0.846. The summed E-state index contributed by atoms with van der Waals surface area (Å²) in [5, 5.41) is 26.0. The van der Waals surface area contributed by atoms with Crippen molar-refractivity contribution in [2.75, 3.05) is 26.4 Å². The number of carbonyl (C=O) groups is 2. The molecule has 0 fully saturated rings. The number of rotatable bonds is 12. The Morgan fingerprint density at radius 2 is 1.43 bits per heavy atom. The highest BCUT2D eigenvalue weighted by molar-refractivity contribution is 5.69. The van der Waals surface area contributed by atoms with Crippen LogP contribution in [0.2, 0.25) is 0 Å². The minimum atomic E-state index is -1.02. The molecule has 0 aliphatic heterocycles. The van der Waals surface area contributed by atoms with Crippen molar-refractivity contribution in [3.63, 3.8) is 0 Å². The van der Waals surface area contributed by atoms with Gasteiger partial charge in [-0.05, 0) is 12.8 Å². The number of unbranched alkanes of at least 4 members (excludes halogenated alkanes) is 3. The molecule has 0 bridgehead atoms. The standard InChI is InChI=1S/C13H24O7.H3N/c14-7-8-19-12(17)5-3-1-2-4-6-13(18)20-10-11(16)9-15;/h11,14-16H,1-10H2;1H3. The van der Waals surface area contributed by atoms with E-state index in [4.69, 9.17) is 24.8 Å². The number of esters is 2. The lowest BCUT2D eigenvalue weighted by molar-refractivity contribution is -0.147. The largest absolute Gasteiger partial charge is 0.463 e. The monoisotopic (exact) mass is 309 g/mol. The molecule has 0 aromatic rings. The molecule has 8 heteroatoms. The first-order chi connectivity index (χ1) is 9.60. The molecule has 0 aliphatic rings. The number of carbonyl (C=O) groups excluding carboxylic acids is 2. The molecular formula is C13H27NO7. The maximum atomic E-state index is 11.2. The molecule has 0 saturated heterocycles.